The zero-order valence-electron chi connectivity index (χ0n) is 14.4. The monoisotopic (exact) mass is 326 g/mol. The fourth-order valence-corrected chi connectivity index (χ4v) is 4.21. The summed E-state index contributed by atoms with van der Waals surface area (Å²) in [4.78, 5) is 13.3. The molecule has 4 heterocycles. The normalized spacial score (nSPS) is 27.0. The Labute approximate surface area is 144 Å². The van der Waals surface area contributed by atoms with Gasteiger partial charge in [-0.15, -0.1) is 0 Å². The molecule has 0 aromatic carbocycles. The summed E-state index contributed by atoms with van der Waals surface area (Å²) in [5.41, 5.74) is 1.84. The third-order valence-electron chi connectivity index (χ3n) is 5.87. The van der Waals surface area contributed by atoms with Gasteiger partial charge in [-0.2, -0.15) is 0 Å². The number of nitrogens with zero attached hydrogens (tertiary/aromatic N) is 4. The molecule has 0 bridgehead atoms. The Hall–Kier alpha value is -1.88. The van der Waals surface area contributed by atoms with E-state index in [4.69, 9.17) is 4.74 Å². The SMILES string of the molecule is CC1=NC=CC(N2CCC3(CCN(c4ccncc4)CC3)CC2)O1. The highest BCUT2D eigenvalue weighted by atomic mass is 16.5. The Morgan fingerprint density at radius 1 is 1.04 bits per heavy atom. The smallest absolute Gasteiger partial charge is 0.187 e. The van der Waals surface area contributed by atoms with Crippen LogP contribution in [0, 0.1) is 5.41 Å². The highest BCUT2D eigenvalue weighted by Crippen LogP contribution is 2.42. The molecule has 4 rings (SSSR count). The maximum Gasteiger partial charge on any atom is 0.187 e. The fraction of sp³-hybridized carbons (Fsp3) is 0.579. The molecule has 5 nitrogen and oxygen atoms in total. The molecule has 1 aromatic heterocycles. The van der Waals surface area contributed by atoms with E-state index in [-0.39, 0.29) is 6.23 Å². The minimum atomic E-state index is 0.0803. The number of aromatic nitrogens is 1. The van der Waals surface area contributed by atoms with Crippen molar-refractivity contribution >= 4 is 11.6 Å². The van der Waals surface area contributed by atoms with Gasteiger partial charge in [0.25, 0.3) is 0 Å². The Morgan fingerprint density at radius 2 is 1.71 bits per heavy atom. The third kappa shape index (κ3) is 3.18. The van der Waals surface area contributed by atoms with Crippen LogP contribution < -0.4 is 4.90 Å². The van der Waals surface area contributed by atoms with E-state index in [1.54, 1.807) is 0 Å². The van der Waals surface area contributed by atoms with Gasteiger partial charge in [-0.3, -0.25) is 9.88 Å². The molecule has 0 radical (unpaired) electrons. The lowest BCUT2D eigenvalue weighted by atomic mass is 9.71. The highest BCUT2D eigenvalue weighted by Gasteiger charge is 2.39. The molecule has 0 saturated carbocycles. The number of hydrogen-bond donors (Lipinski definition) is 0. The van der Waals surface area contributed by atoms with Gasteiger partial charge in [-0.1, -0.05) is 0 Å². The van der Waals surface area contributed by atoms with Crippen molar-refractivity contribution in [2.75, 3.05) is 31.1 Å². The molecule has 3 aliphatic rings. The highest BCUT2D eigenvalue weighted by molar-refractivity contribution is 5.74. The van der Waals surface area contributed by atoms with Crippen molar-refractivity contribution in [1.82, 2.24) is 9.88 Å². The predicted octanol–water partition coefficient (Wildman–Crippen LogP) is 3.05. The summed E-state index contributed by atoms with van der Waals surface area (Å²) in [6.45, 7) is 6.50. The first kappa shape index (κ1) is 15.6. The Balaban J connectivity index is 1.32. The van der Waals surface area contributed by atoms with Crippen LogP contribution in [-0.4, -0.2) is 48.2 Å². The standard InChI is InChI=1S/C19H26N4O/c1-16-21-11-4-18(24-16)23-14-7-19(8-15-23)5-12-22(13-6-19)17-2-9-20-10-3-17/h2-4,9-11,18H,5-8,12-15H2,1H3. The van der Waals surface area contributed by atoms with E-state index in [1.165, 1.54) is 31.4 Å². The number of piperidine rings is 2. The van der Waals surface area contributed by atoms with Crippen LogP contribution in [0.4, 0.5) is 5.69 Å². The number of rotatable bonds is 2. The molecule has 0 amide bonds. The molecular weight excluding hydrogens is 300 g/mol. The minimum Gasteiger partial charge on any atom is -0.459 e. The van der Waals surface area contributed by atoms with E-state index < -0.39 is 0 Å². The van der Waals surface area contributed by atoms with Gasteiger partial charge >= 0.3 is 0 Å². The largest absolute Gasteiger partial charge is 0.459 e. The first-order valence-corrected chi connectivity index (χ1v) is 9.01. The van der Waals surface area contributed by atoms with Gasteiger partial charge in [0.1, 0.15) is 0 Å². The first-order valence-electron chi connectivity index (χ1n) is 9.01. The first-order chi connectivity index (χ1) is 11.7. The van der Waals surface area contributed by atoms with Gasteiger partial charge in [-0.05, 0) is 49.3 Å². The molecule has 1 unspecified atom stereocenters. The van der Waals surface area contributed by atoms with Crippen molar-refractivity contribution in [3.63, 3.8) is 0 Å². The summed E-state index contributed by atoms with van der Waals surface area (Å²) in [6.07, 6.45) is 13.0. The number of aliphatic imine (C=N–C) groups is 1. The lowest BCUT2D eigenvalue weighted by molar-refractivity contribution is -0.00791. The van der Waals surface area contributed by atoms with E-state index in [0.717, 1.165) is 32.1 Å². The van der Waals surface area contributed by atoms with Gasteiger partial charge in [-0.25, -0.2) is 4.99 Å². The molecule has 1 atom stereocenters. The van der Waals surface area contributed by atoms with Gasteiger partial charge in [0.05, 0.1) is 0 Å². The maximum atomic E-state index is 5.85. The Bertz CT molecular complexity index is 610. The number of ether oxygens (including phenoxy) is 1. The van der Waals surface area contributed by atoms with Crippen LogP contribution in [0.25, 0.3) is 0 Å². The second kappa shape index (κ2) is 6.55. The van der Waals surface area contributed by atoms with Crippen molar-refractivity contribution in [1.29, 1.82) is 0 Å². The topological polar surface area (TPSA) is 41.0 Å². The van der Waals surface area contributed by atoms with Crippen LogP contribution in [-0.2, 0) is 4.74 Å². The third-order valence-corrected chi connectivity index (χ3v) is 5.87. The van der Waals surface area contributed by atoms with Crippen molar-refractivity contribution < 1.29 is 4.74 Å². The molecular formula is C19H26N4O. The fourth-order valence-electron chi connectivity index (χ4n) is 4.21. The van der Waals surface area contributed by atoms with Crippen molar-refractivity contribution in [3.05, 3.63) is 36.8 Å². The van der Waals surface area contributed by atoms with Gasteiger partial charge in [0, 0.05) is 57.4 Å². The zero-order valence-corrected chi connectivity index (χ0v) is 14.4. The van der Waals surface area contributed by atoms with Crippen LogP contribution in [0.15, 0.2) is 41.8 Å². The minimum absolute atomic E-state index is 0.0803. The van der Waals surface area contributed by atoms with Gasteiger partial charge in [0.2, 0.25) is 0 Å². The average Bonchev–Trinajstić information content (AvgIpc) is 2.64. The second-order valence-corrected chi connectivity index (χ2v) is 7.23. The molecule has 1 spiro atoms. The summed E-state index contributed by atoms with van der Waals surface area (Å²) in [5, 5.41) is 0. The predicted molar refractivity (Wildman–Crippen MR) is 96.0 cm³/mol. The molecule has 128 valence electrons. The molecule has 0 N–H and O–H groups in total. The van der Waals surface area contributed by atoms with E-state index >= 15 is 0 Å². The second-order valence-electron chi connectivity index (χ2n) is 7.23. The molecule has 0 aliphatic carbocycles. The molecule has 5 heteroatoms. The summed E-state index contributed by atoms with van der Waals surface area (Å²) < 4.78 is 5.85. The van der Waals surface area contributed by atoms with E-state index in [9.17, 15) is 0 Å². The number of likely N-dealkylation sites (tertiary alicyclic amines) is 1. The van der Waals surface area contributed by atoms with Crippen molar-refractivity contribution in [3.8, 4) is 0 Å². The Morgan fingerprint density at radius 3 is 2.38 bits per heavy atom. The number of pyridine rings is 1. The van der Waals surface area contributed by atoms with Crippen molar-refractivity contribution in [2.45, 2.75) is 38.8 Å². The Kier molecular flexibility index (Phi) is 4.27. The van der Waals surface area contributed by atoms with E-state index in [0.29, 0.717) is 5.41 Å². The number of hydrogen-bond acceptors (Lipinski definition) is 5. The lowest BCUT2D eigenvalue weighted by Crippen LogP contribution is -2.50. The maximum absolute atomic E-state index is 5.85. The number of anilines is 1. The molecule has 2 saturated heterocycles. The van der Waals surface area contributed by atoms with Crippen LogP contribution >= 0.6 is 0 Å². The summed E-state index contributed by atoms with van der Waals surface area (Å²) in [5.74, 6) is 0.772. The lowest BCUT2D eigenvalue weighted by Gasteiger charge is -2.48. The van der Waals surface area contributed by atoms with Gasteiger partial charge < -0.3 is 9.64 Å². The molecule has 3 aliphatic heterocycles. The average molecular weight is 326 g/mol. The van der Waals surface area contributed by atoms with E-state index in [1.807, 2.05) is 25.5 Å². The quantitative estimate of drug-likeness (QED) is 0.837. The molecule has 24 heavy (non-hydrogen) atoms. The molecule has 2 fully saturated rings. The van der Waals surface area contributed by atoms with Crippen LogP contribution in [0.3, 0.4) is 0 Å². The zero-order chi connectivity index (χ0) is 16.4. The molecule has 1 aromatic rings. The van der Waals surface area contributed by atoms with Crippen molar-refractivity contribution in [2.24, 2.45) is 10.4 Å². The summed E-state index contributed by atoms with van der Waals surface area (Å²) in [6, 6.07) is 4.24. The van der Waals surface area contributed by atoms with Crippen LogP contribution in [0.2, 0.25) is 0 Å². The summed E-state index contributed by atoms with van der Waals surface area (Å²) >= 11 is 0. The van der Waals surface area contributed by atoms with Gasteiger partial charge in [0.15, 0.2) is 12.1 Å². The van der Waals surface area contributed by atoms with Crippen LogP contribution in [0.1, 0.15) is 32.6 Å². The van der Waals surface area contributed by atoms with E-state index in [2.05, 4.69) is 38.0 Å². The van der Waals surface area contributed by atoms with Crippen LogP contribution in [0.5, 0.6) is 0 Å². The summed E-state index contributed by atoms with van der Waals surface area (Å²) in [7, 11) is 0.